The molecule has 1 fully saturated rings. The summed E-state index contributed by atoms with van der Waals surface area (Å²) in [6, 6.07) is 6.38. The maximum absolute atomic E-state index is 12.0. The van der Waals surface area contributed by atoms with E-state index in [9.17, 15) is 18.0 Å². The Morgan fingerprint density at radius 3 is 2.50 bits per heavy atom. The number of hydrogen-bond acceptors (Lipinski definition) is 5. The van der Waals surface area contributed by atoms with Crippen molar-refractivity contribution in [2.24, 2.45) is 5.84 Å². The molecule has 8 heteroatoms. The molecule has 2 rings (SSSR count). The Bertz CT molecular complexity index is 682. The average Bonchev–Trinajstić information content (AvgIpc) is 2.43. The van der Waals surface area contributed by atoms with Crippen molar-refractivity contribution in [2.75, 3.05) is 0 Å². The number of sulfonamides is 1. The summed E-state index contributed by atoms with van der Waals surface area (Å²) in [4.78, 5) is 23.5. The maximum atomic E-state index is 12.0. The number of nitrogens with two attached hydrogens (primary N) is 1. The van der Waals surface area contributed by atoms with Crippen LogP contribution in [0.5, 0.6) is 0 Å². The number of nitrogen functional groups attached to an aromatic ring is 1. The molecule has 0 spiro atoms. The van der Waals surface area contributed by atoms with Gasteiger partial charge in [0.15, 0.2) is 4.75 Å². The van der Waals surface area contributed by atoms with E-state index in [2.05, 4.69) is 0 Å². The lowest BCUT2D eigenvalue weighted by Crippen LogP contribution is -2.66. The first-order chi connectivity index (χ1) is 9.23. The zero-order valence-electron chi connectivity index (χ0n) is 11.1. The fourth-order valence-corrected chi connectivity index (χ4v) is 3.53. The molecule has 0 atom stereocenters. The third-order valence-corrected chi connectivity index (χ3v) is 5.72. The Morgan fingerprint density at radius 2 is 1.95 bits per heavy atom. The van der Waals surface area contributed by atoms with E-state index in [1.54, 1.807) is 18.2 Å². The lowest BCUT2D eigenvalue weighted by atomic mass is 10.1. The van der Waals surface area contributed by atoms with Crippen molar-refractivity contribution in [3.63, 3.8) is 0 Å². The third kappa shape index (κ3) is 1.88. The number of hydrazine groups is 1. The highest BCUT2D eigenvalue weighted by atomic mass is 32.2. The van der Waals surface area contributed by atoms with Gasteiger partial charge in [0.1, 0.15) is 0 Å². The molecule has 3 N–H and O–H groups in total. The highest BCUT2D eigenvalue weighted by molar-refractivity contribution is 7.94. The molecule has 0 radical (unpaired) electrons. The van der Waals surface area contributed by atoms with Crippen LogP contribution in [0, 0.1) is 0 Å². The molecule has 0 saturated carbocycles. The van der Waals surface area contributed by atoms with Gasteiger partial charge in [0.25, 0.3) is 21.8 Å². The van der Waals surface area contributed by atoms with Gasteiger partial charge in [-0.3, -0.25) is 15.0 Å². The smallest absolute Gasteiger partial charge is 0.265 e. The van der Waals surface area contributed by atoms with Gasteiger partial charge >= 0.3 is 0 Å². The van der Waals surface area contributed by atoms with E-state index in [-0.39, 0.29) is 12.1 Å². The fourth-order valence-electron chi connectivity index (χ4n) is 2.03. The van der Waals surface area contributed by atoms with Gasteiger partial charge in [0.2, 0.25) is 0 Å². The summed E-state index contributed by atoms with van der Waals surface area (Å²) in [6.45, 7) is 2.55. The first-order valence-corrected chi connectivity index (χ1v) is 7.33. The van der Waals surface area contributed by atoms with E-state index in [1.807, 2.05) is 5.43 Å². The van der Waals surface area contributed by atoms with Gasteiger partial charge in [-0.2, -0.15) is 0 Å². The molecule has 1 aliphatic rings. The molecule has 0 bridgehead atoms. The second-order valence-electron chi connectivity index (χ2n) is 4.96. The SMILES string of the molecule is CC1(C)C(=O)N(Cc2ccccc2C(=O)NN)S1(=O)=O. The summed E-state index contributed by atoms with van der Waals surface area (Å²) in [5, 5.41) is 0. The van der Waals surface area contributed by atoms with E-state index in [1.165, 1.54) is 19.9 Å². The Hall–Kier alpha value is -1.93. The van der Waals surface area contributed by atoms with Gasteiger partial charge in [-0.15, -0.1) is 0 Å². The normalized spacial score (nSPS) is 19.4. The van der Waals surface area contributed by atoms with E-state index < -0.39 is 26.6 Å². The Kier molecular flexibility index (Phi) is 3.31. The molecule has 1 aliphatic heterocycles. The van der Waals surface area contributed by atoms with Crippen molar-refractivity contribution in [1.29, 1.82) is 0 Å². The van der Waals surface area contributed by atoms with Crippen LogP contribution in [0.2, 0.25) is 0 Å². The molecule has 1 aromatic carbocycles. The van der Waals surface area contributed by atoms with E-state index in [4.69, 9.17) is 5.84 Å². The molecule has 0 aliphatic carbocycles. The molecule has 0 aromatic heterocycles. The van der Waals surface area contributed by atoms with Crippen LogP contribution in [-0.4, -0.2) is 29.3 Å². The van der Waals surface area contributed by atoms with Crippen molar-refractivity contribution in [3.05, 3.63) is 35.4 Å². The molecule has 7 nitrogen and oxygen atoms in total. The van der Waals surface area contributed by atoms with E-state index >= 15 is 0 Å². The summed E-state index contributed by atoms with van der Waals surface area (Å²) in [6.07, 6.45) is 0. The van der Waals surface area contributed by atoms with Gasteiger partial charge in [-0.25, -0.2) is 18.6 Å². The zero-order chi connectivity index (χ0) is 15.1. The minimum Gasteiger partial charge on any atom is -0.290 e. The van der Waals surface area contributed by atoms with Crippen LogP contribution in [-0.2, 0) is 21.4 Å². The summed E-state index contributed by atoms with van der Waals surface area (Å²) < 4.78 is 23.4. The summed E-state index contributed by atoms with van der Waals surface area (Å²) in [5.74, 6) is 4.05. The van der Waals surface area contributed by atoms with Crippen molar-refractivity contribution >= 4 is 21.8 Å². The largest absolute Gasteiger partial charge is 0.290 e. The van der Waals surface area contributed by atoms with Gasteiger partial charge in [-0.05, 0) is 25.5 Å². The average molecular weight is 297 g/mol. The predicted octanol–water partition coefficient (Wildman–Crippen LogP) is -0.259. The number of carbonyl (C=O) groups excluding carboxylic acids is 2. The predicted molar refractivity (Wildman–Crippen MR) is 71.6 cm³/mol. The Balaban J connectivity index is 2.34. The van der Waals surface area contributed by atoms with E-state index in [0.29, 0.717) is 5.56 Å². The zero-order valence-corrected chi connectivity index (χ0v) is 11.9. The van der Waals surface area contributed by atoms with Crippen LogP contribution in [0.25, 0.3) is 0 Å². The Labute approximate surface area is 116 Å². The lowest BCUT2D eigenvalue weighted by Gasteiger charge is -2.43. The molecule has 108 valence electrons. The second kappa shape index (κ2) is 4.57. The third-order valence-electron chi connectivity index (χ3n) is 3.38. The van der Waals surface area contributed by atoms with Crippen molar-refractivity contribution < 1.29 is 18.0 Å². The van der Waals surface area contributed by atoms with Crippen LogP contribution in [0.1, 0.15) is 29.8 Å². The van der Waals surface area contributed by atoms with Crippen LogP contribution in [0.15, 0.2) is 24.3 Å². The second-order valence-corrected chi connectivity index (χ2v) is 7.37. The number of amides is 2. The topological polar surface area (TPSA) is 110 Å². The van der Waals surface area contributed by atoms with Gasteiger partial charge in [0, 0.05) is 5.56 Å². The van der Waals surface area contributed by atoms with Crippen LogP contribution >= 0.6 is 0 Å². The number of carbonyl (C=O) groups is 2. The molecule has 1 aromatic rings. The number of nitrogens with zero attached hydrogens (tertiary/aromatic N) is 1. The van der Waals surface area contributed by atoms with Crippen molar-refractivity contribution in [1.82, 2.24) is 9.73 Å². The van der Waals surface area contributed by atoms with Crippen LogP contribution in [0.4, 0.5) is 0 Å². The first-order valence-electron chi connectivity index (χ1n) is 5.89. The molecule has 0 unspecified atom stereocenters. The molecule has 20 heavy (non-hydrogen) atoms. The molecular formula is C12H15N3O4S. The summed E-state index contributed by atoms with van der Waals surface area (Å²) in [7, 11) is -3.68. The number of rotatable bonds is 3. The van der Waals surface area contributed by atoms with Crippen molar-refractivity contribution in [2.45, 2.75) is 25.1 Å². The molecule has 2 amide bonds. The van der Waals surface area contributed by atoms with Gasteiger partial charge < -0.3 is 0 Å². The van der Waals surface area contributed by atoms with Gasteiger partial charge in [0.05, 0.1) is 6.54 Å². The highest BCUT2D eigenvalue weighted by Crippen LogP contribution is 2.36. The fraction of sp³-hybridized carbons (Fsp3) is 0.333. The quantitative estimate of drug-likeness (QED) is 0.454. The van der Waals surface area contributed by atoms with Gasteiger partial charge in [-0.1, -0.05) is 18.2 Å². The molecular weight excluding hydrogens is 282 g/mol. The van der Waals surface area contributed by atoms with E-state index in [0.717, 1.165) is 4.31 Å². The highest BCUT2D eigenvalue weighted by Gasteiger charge is 2.59. The monoisotopic (exact) mass is 297 g/mol. The number of benzene rings is 1. The standard InChI is InChI=1S/C12H15N3O4S/c1-12(2)11(17)15(20(12,18)19)7-8-5-3-4-6-9(8)10(16)14-13/h3-6H,7,13H2,1-2H3,(H,14,16). The summed E-state index contributed by atoms with van der Waals surface area (Å²) in [5.41, 5.74) is 2.65. The van der Waals surface area contributed by atoms with Crippen LogP contribution in [0.3, 0.4) is 0 Å². The maximum Gasteiger partial charge on any atom is 0.265 e. The Morgan fingerprint density at radius 1 is 1.35 bits per heavy atom. The number of nitrogens with one attached hydrogen (secondary N) is 1. The minimum absolute atomic E-state index is 0.172. The lowest BCUT2D eigenvalue weighted by molar-refractivity contribution is -0.132. The van der Waals surface area contributed by atoms with Crippen molar-refractivity contribution in [3.8, 4) is 0 Å². The van der Waals surface area contributed by atoms with Crippen LogP contribution < -0.4 is 11.3 Å². The minimum atomic E-state index is -3.68. The number of hydrogen-bond donors (Lipinski definition) is 2. The summed E-state index contributed by atoms with van der Waals surface area (Å²) >= 11 is 0. The molecule has 1 saturated heterocycles. The first kappa shape index (κ1) is 14.5. The molecule has 1 heterocycles.